The molecule has 1 N–H and O–H groups in total. The number of benzene rings is 1. The molecule has 0 bridgehead atoms. The van der Waals surface area contributed by atoms with Crippen molar-refractivity contribution < 1.29 is 9.90 Å². The van der Waals surface area contributed by atoms with Crippen molar-refractivity contribution in [3.05, 3.63) is 71.8 Å². The average Bonchev–Trinajstić information content (AvgIpc) is 2.49. The van der Waals surface area contributed by atoms with Gasteiger partial charge < -0.3 is 5.11 Å². The molecule has 0 aromatic heterocycles. The summed E-state index contributed by atoms with van der Waals surface area (Å²) in [4.78, 5) is 12.0. The van der Waals surface area contributed by atoms with Crippen molar-refractivity contribution in [1.29, 1.82) is 5.26 Å². The molecule has 0 saturated heterocycles. The third kappa shape index (κ3) is 5.05. The molecule has 0 aliphatic rings. The lowest BCUT2D eigenvalue weighted by Crippen LogP contribution is -1.96. The molecule has 0 saturated carbocycles. The Bertz CT molecular complexity index is 577. The summed E-state index contributed by atoms with van der Waals surface area (Å²) in [6, 6.07) is 8.61. The van der Waals surface area contributed by atoms with Crippen molar-refractivity contribution in [3.8, 4) is 6.07 Å². The van der Waals surface area contributed by atoms with Gasteiger partial charge in [0.1, 0.15) is 0 Å². The maximum absolute atomic E-state index is 12.0. The minimum Gasteiger partial charge on any atom is -0.392 e. The van der Waals surface area contributed by atoms with E-state index < -0.39 is 0 Å². The highest BCUT2D eigenvalue weighted by molar-refractivity contribution is 6.04. The van der Waals surface area contributed by atoms with E-state index in [0.717, 1.165) is 0 Å². The predicted octanol–water partition coefficient (Wildman–Crippen LogP) is 3.04. The maximum atomic E-state index is 12.0. The van der Waals surface area contributed by atoms with E-state index in [2.05, 4.69) is 0 Å². The Morgan fingerprint density at radius 3 is 2.85 bits per heavy atom. The molecule has 0 fully saturated rings. The van der Waals surface area contributed by atoms with Crippen molar-refractivity contribution >= 4 is 5.78 Å². The number of carbonyl (C=O) groups is 1. The summed E-state index contributed by atoms with van der Waals surface area (Å²) in [5.74, 6) is -0.177. The van der Waals surface area contributed by atoms with Gasteiger partial charge >= 0.3 is 0 Å². The van der Waals surface area contributed by atoms with Crippen LogP contribution in [-0.4, -0.2) is 17.5 Å². The third-order valence-corrected chi connectivity index (χ3v) is 2.62. The standard InChI is InChI=1S/C17H17NO2/c1-2-5-14(7-4-11-19)9-10-17(20)16-8-3-6-15(12-16)13-18/h2-10,12,14,19H,11H2,1H3/b5-2?,7-4?,10-9+. The Balaban J connectivity index is 2.84. The summed E-state index contributed by atoms with van der Waals surface area (Å²) in [5, 5.41) is 17.6. The molecule has 3 heteroatoms. The van der Waals surface area contributed by atoms with Crippen molar-refractivity contribution in [1.82, 2.24) is 0 Å². The van der Waals surface area contributed by atoms with Gasteiger partial charge in [-0.3, -0.25) is 4.79 Å². The third-order valence-electron chi connectivity index (χ3n) is 2.62. The second kappa shape index (κ2) is 8.63. The Kier molecular flexibility index (Phi) is 6.74. The molecule has 1 atom stereocenters. The quantitative estimate of drug-likeness (QED) is 0.489. The number of carbonyl (C=O) groups excluding carboxylic acids is 1. The van der Waals surface area contributed by atoms with Crippen LogP contribution in [0.2, 0.25) is 0 Å². The normalized spacial score (nSPS) is 13.1. The lowest BCUT2D eigenvalue weighted by Gasteiger charge is -2.00. The van der Waals surface area contributed by atoms with E-state index in [1.165, 1.54) is 6.08 Å². The van der Waals surface area contributed by atoms with Gasteiger partial charge in [0.05, 0.1) is 18.2 Å². The Labute approximate surface area is 119 Å². The summed E-state index contributed by atoms with van der Waals surface area (Å²) < 4.78 is 0. The number of hydrogen-bond acceptors (Lipinski definition) is 3. The van der Waals surface area contributed by atoms with Gasteiger partial charge in [-0.1, -0.05) is 42.5 Å². The average molecular weight is 267 g/mol. The van der Waals surface area contributed by atoms with Gasteiger partial charge in [-0.25, -0.2) is 0 Å². The molecule has 0 amide bonds. The lowest BCUT2D eigenvalue weighted by atomic mass is 10.0. The fraction of sp³-hybridized carbons (Fsp3) is 0.176. The van der Waals surface area contributed by atoms with Crippen LogP contribution in [-0.2, 0) is 0 Å². The second-order valence-corrected chi connectivity index (χ2v) is 4.13. The molecule has 0 heterocycles. The first-order chi connectivity index (χ1) is 9.71. The number of nitriles is 1. The molecule has 1 rings (SSSR count). The van der Waals surface area contributed by atoms with Gasteiger partial charge in [0, 0.05) is 11.5 Å². The highest BCUT2D eigenvalue weighted by Gasteiger charge is 2.03. The number of aliphatic hydroxyl groups excluding tert-OH is 1. The monoisotopic (exact) mass is 267 g/mol. The largest absolute Gasteiger partial charge is 0.392 e. The van der Waals surface area contributed by atoms with Crippen LogP contribution in [0.15, 0.2) is 60.7 Å². The maximum Gasteiger partial charge on any atom is 0.185 e. The number of nitrogens with zero attached hydrogens (tertiary/aromatic N) is 1. The van der Waals surface area contributed by atoms with E-state index in [9.17, 15) is 4.79 Å². The fourth-order valence-electron chi connectivity index (χ4n) is 1.67. The number of hydrogen-bond donors (Lipinski definition) is 1. The van der Waals surface area contributed by atoms with E-state index >= 15 is 0 Å². The van der Waals surface area contributed by atoms with Crippen LogP contribution in [0.4, 0.5) is 0 Å². The van der Waals surface area contributed by atoms with Gasteiger partial charge in [-0.2, -0.15) is 5.26 Å². The van der Waals surface area contributed by atoms with Crippen LogP contribution in [0.25, 0.3) is 0 Å². The zero-order valence-corrected chi connectivity index (χ0v) is 11.4. The van der Waals surface area contributed by atoms with Crippen LogP contribution in [0, 0.1) is 17.2 Å². The first-order valence-corrected chi connectivity index (χ1v) is 6.34. The molecule has 20 heavy (non-hydrogen) atoms. The van der Waals surface area contributed by atoms with Crippen LogP contribution in [0.3, 0.4) is 0 Å². The molecule has 1 aromatic carbocycles. The van der Waals surface area contributed by atoms with Gasteiger partial charge in [-0.05, 0) is 25.1 Å². The lowest BCUT2D eigenvalue weighted by molar-refractivity contribution is 0.104. The Morgan fingerprint density at radius 1 is 1.40 bits per heavy atom. The molecular weight excluding hydrogens is 250 g/mol. The van der Waals surface area contributed by atoms with E-state index in [1.54, 1.807) is 36.4 Å². The van der Waals surface area contributed by atoms with Crippen molar-refractivity contribution in [2.45, 2.75) is 6.92 Å². The van der Waals surface area contributed by atoms with Gasteiger partial charge in [0.15, 0.2) is 5.78 Å². The molecule has 0 aliphatic carbocycles. The first kappa shape index (κ1) is 15.6. The van der Waals surface area contributed by atoms with Crippen molar-refractivity contribution in [3.63, 3.8) is 0 Å². The highest BCUT2D eigenvalue weighted by atomic mass is 16.2. The van der Waals surface area contributed by atoms with Gasteiger partial charge in [-0.15, -0.1) is 0 Å². The number of rotatable bonds is 6. The van der Waals surface area contributed by atoms with Gasteiger partial charge in [0.2, 0.25) is 0 Å². The summed E-state index contributed by atoms with van der Waals surface area (Å²) >= 11 is 0. The summed E-state index contributed by atoms with van der Waals surface area (Å²) in [6.45, 7) is 1.87. The molecular formula is C17H17NO2. The summed E-state index contributed by atoms with van der Waals surface area (Å²) in [7, 11) is 0. The number of aliphatic hydroxyl groups is 1. The van der Waals surface area contributed by atoms with E-state index in [1.807, 2.05) is 31.2 Å². The Hall–Kier alpha value is -2.44. The second-order valence-electron chi connectivity index (χ2n) is 4.13. The topological polar surface area (TPSA) is 61.1 Å². The van der Waals surface area contributed by atoms with Crippen molar-refractivity contribution in [2.75, 3.05) is 6.61 Å². The van der Waals surface area contributed by atoms with Crippen molar-refractivity contribution in [2.24, 2.45) is 5.92 Å². The minimum atomic E-state index is -0.144. The SMILES string of the molecule is CC=CC(C=CCO)/C=C/C(=O)c1cccc(C#N)c1. The van der Waals surface area contributed by atoms with Crippen LogP contribution < -0.4 is 0 Å². The predicted molar refractivity (Wildman–Crippen MR) is 79.2 cm³/mol. The molecule has 102 valence electrons. The number of ketones is 1. The number of allylic oxidation sites excluding steroid dienone is 5. The molecule has 3 nitrogen and oxygen atoms in total. The highest BCUT2D eigenvalue weighted by Crippen LogP contribution is 2.09. The van der Waals surface area contributed by atoms with E-state index in [0.29, 0.717) is 11.1 Å². The van der Waals surface area contributed by atoms with Crippen LogP contribution in [0.5, 0.6) is 0 Å². The van der Waals surface area contributed by atoms with E-state index in [4.69, 9.17) is 10.4 Å². The molecule has 0 aliphatic heterocycles. The molecule has 1 unspecified atom stereocenters. The minimum absolute atomic E-state index is 0.0277. The zero-order chi connectivity index (χ0) is 14.8. The molecule has 0 spiro atoms. The van der Waals surface area contributed by atoms with Crippen LogP contribution >= 0.6 is 0 Å². The molecule has 0 radical (unpaired) electrons. The van der Waals surface area contributed by atoms with Crippen LogP contribution in [0.1, 0.15) is 22.8 Å². The summed E-state index contributed by atoms with van der Waals surface area (Å²) in [5.41, 5.74) is 0.958. The summed E-state index contributed by atoms with van der Waals surface area (Å²) in [6.07, 6.45) is 10.5. The Morgan fingerprint density at radius 2 is 2.20 bits per heavy atom. The molecule has 1 aromatic rings. The first-order valence-electron chi connectivity index (χ1n) is 6.34. The van der Waals surface area contributed by atoms with Gasteiger partial charge in [0.25, 0.3) is 0 Å². The zero-order valence-electron chi connectivity index (χ0n) is 11.4. The van der Waals surface area contributed by atoms with E-state index in [-0.39, 0.29) is 18.3 Å². The smallest absolute Gasteiger partial charge is 0.185 e. The fourth-order valence-corrected chi connectivity index (χ4v) is 1.67.